The number of urea groups is 1. The standard InChI is InChI=1S/C27H30N4O3/c1-18(27(2)12-13-27)30(16-19-8-4-3-5-9-19)24(32)17-31-25(33)23(29-26(31)34)14-20-15-28-22-11-7-6-10-21(20)22/h3-11,15,18,23,28H,12-14,16-17H2,1-2H3,(H,29,34). The average molecular weight is 459 g/mol. The first-order chi connectivity index (χ1) is 16.4. The molecule has 2 atom stereocenters. The molecule has 1 saturated carbocycles. The third-order valence-corrected chi connectivity index (χ3v) is 7.53. The molecule has 34 heavy (non-hydrogen) atoms. The maximum absolute atomic E-state index is 13.5. The summed E-state index contributed by atoms with van der Waals surface area (Å²) in [5, 5.41) is 3.80. The molecule has 1 aliphatic carbocycles. The molecule has 1 aliphatic heterocycles. The minimum Gasteiger partial charge on any atom is -0.361 e. The Morgan fingerprint density at radius 2 is 1.82 bits per heavy atom. The molecule has 2 unspecified atom stereocenters. The van der Waals surface area contributed by atoms with Gasteiger partial charge >= 0.3 is 6.03 Å². The van der Waals surface area contributed by atoms with Gasteiger partial charge in [0.2, 0.25) is 5.91 Å². The minimum absolute atomic E-state index is 0.0167. The molecule has 0 radical (unpaired) electrons. The Balaban J connectivity index is 1.31. The van der Waals surface area contributed by atoms with Crippen molar-refractivity contribution in [3.05, 3.63) is 71.9 Å². The SMILES string of the molecule is CC(N(Cc1ccccc1)C(=O)CN1C(=O)NC(Cc2c[nH]c3ccccc23)C1=O)C1(C)CC1. The molecule has 3 aromatic rings. The summed E-state index contributed by atoms with van der Waals surface area (Å²) in [6, 6.07) is 16.5. The van der Waals surface area contributed by atoms with Gasteiger partial charge in [0, 0.05) is 36.1 Å². The molecular weight excluding hydrogens is 428 g/mol. The molecule has 176 valence electrons. The quantitative estimate of drug-likeness (QED) is 0.503. The predicted molar refractivity (Wildman–Crippen MR) is 130 cm³/mol. The Kier molecular flexibility index (Phi) is 5.63. The molecular formula is C27H30N4O3. The maximum atomic E-state index is 13.5. The molecule has 5 rings (SSSR count). The summed E-state index contributed by atoms with van der Waals surface area (Å²) in [5.74, 6) is -0.561. The first-order valence-corrected chi connectivity index (χ1v) is 11.9. The number of carbonyl (C=O) groups is 3. The van der Waals surface area contributed by atoms with E-state index in [0.29, 0.717) is 13.0 Å². The van der Waals surface area contributed by atoms with Crippen LogP contribution >= 0.6 is 0 Å². The smallest absolute Gasteiger partial charge is 0.325 e. The van der Waals surface area contributed by atoms with E-state index in [-0.39, 0.29) is 29.8 Å². The van der Waals surface area contributed by atoms with Crippen LogP contribution in [-0.2, 0) is 22.6 Å². The van der Waals surface area contributed by atoms with Crippen LogP contribution < -0.4 is 5.32 Å². The number of aromatic nitrogens is 1. The van der Waals surface area contributed by atoms with Crippen molar-refractivity contribution in [3.63, 3.8) is 0 Å². The van der Waals surface area contributed by atoms with Crippen molar-refractivity contribution in [2.45, 2.75) is 51.7 Å². The van der Waals surface area contributed by atoms with Crippen LogP contribution in [0, 0.1) is 5.41 Å². The van der Waals surface area contributed by atoms with E-state index >= 15 is 0 Å². The highest BCUT2D eigenvalue weighted by Gasteiger charge is 2.47. The number of nitrogens with one attached hydrogen (secondary N) is 2. The maximum Gasteiger partial charge on any atom is 0.325 e. The number of imide groups is 1. The lowest BCUT2D eigenvalue weighted by Gasteiger charge is -2.34. The van der Waals surface area contributed by atoms with Gasteiger partial charge in [0.15, 0.2) is 0 Å². The second-order valence-electron chi connectivity index (χ2n) is 9.83. The minimum atomic E-state index is -0.680. The van der Waals surface area contributed by atoms with Crippen molar-refractivity contribution in [1.82, 2.24) is 20.1 Å². The Hall–Kier alpha value is -3.61. The number of aromatic amines is 1. The molecule has 2 heterocycles. The van der Waals surface area contributed by atoms with Crippen molar-refractivity contribution in [2.24, 2.45) is 5.41 Å². The Morgan fingerprint density at radius 1 is 1.12 bits per heavy atom. The van der Waals surface area contributed by atoms with Crippen LogP contribution in [0.4, 0.5) is 4.79 Å². The van der Waals surface area contributed by atoms with Crippen LogP contribution in [0.1, 0.15) is 37.8 Å². The molecule has 2 N–H and O–H groups in total. The third-order valence-electron chi connectivity index (χ3n) is 7.53. The molecule has 1 saturated heterocycles. The summed E-state index contributed by atoms with van der Waals surface area (Å²) < 4.78 is 0. The lowest BCUT2D eigenvalue weighted by atomic mass is 9.98. The Bertz CT molecular complexity index is 1230. The lowest BCUT2D eigenvalue weighted by molar-refractivity contribution is -0.140. The van der Waals surface area contributed by atoms with Gasteiger partial charge in [-0.1, -0.05) is 55.5 Å². The van der Waals surface area contributed by atoms with E-state index in [1.165, 1.54) is 0 Å². The van der Waals surface area contributed by atoms with Crippen LogP contribution in [0.5, 0.6) is 0 Å². The van der Waals surface area contributed by atoms with E-state index in [0.717, 1.165) is 39.8 Å². The summed E-state index contributed by atoms with van der Waals surface area (Å²) >= 11 is 0. The van der Waals surface area contributed by atoms with Gasteiger partial charge in [-0.15, -0.1) is 0 Å². The Morgan fingerprint density at radius 3 is 2.56 bits per heavy atom. The van der Waals surface area contributed by atoms with Crippen molar-refractivity contribution in [3.8, 4) is 0 Å². The summed E-state index contributed by atoms with van der Waals surface area (Å²) in [6.45, 7) is 4.47. The molecule has 1 aromatic heterocycles. The topological polar surface area (TPSA) is 85.5 Å². The number of amides is 4. The summed E-state index contributed by atoms with van der Waals surface area (Å²) in [4.78, 5) is 45.4. The predicted octanol–water partition coefficient (Wildman–Crippen LogP) is 3.85. The number of rotatable bonds is 8. The van der Waals surface area contributed by atoms with E-state index in [1.807, 2.05) is 65.7 Å². The molecule has 0 spiro atoms. The van der Waals surface area contributed by atoms with E-state index in [1.54, 1.807) is 0 Å². The number of hydrogen-bond acceptors (Lipinski definition) is 3. The number of carbonyl (C=O) groups excluding carboxylic acids is 3. The number of para-hydroxylation sites is 1. The highest BCUT2D eigenvalue weighted by atomic mass is 16.2. The van der Waals surface area contributed by atoms with Crippen LogP contribution in [0.2, 0.25) is 0 Å². The highest BCUT2D eigenvalue weighted by molar-refractivity contribution is 6.06. The van der Waals surface area contributed by atoms with E-state index in [4.69, 9.17) is 0 Å². The number of H-pyrrole nitrogens is 1. The van der Waals surface area contributed by atoms with E-state index in [2.05, 4.69) is 24.1 Å². The van der Waals surface area contributed by atoms with Crippen molar-refractivity contribution < 1.29 is 14.4 Å². The average Bonchev–Trinajstić information content (AvgIpc) is 3.39. The van der Waals surface area contributed by atoms with E-state index < -0.39 is 12.1 Å². The van der Waals surface area contributed by atoms with Crippen molar-refractivity contribution in [1.29, 1.82) is 0 Å². The summed E-state index contributed by atoms with van der Waals surface area (Å²) in [5.41, 5.74) is 3.06. The molecule has 2 fully saturated rings. The second-order valence-corrected chi connectivity index (χ2v) is 9.83. The van der Waals surface area contributed by atoms with Crippen LogP contribution in [-0.4, -0.2) is 51.3 Å². The van der Waals surface area contributed by atoms with Crippen molar-refractivity contribution in [2.75, 3.05) is 6.54 Å². The van der Waals surface area contributed by atoms with E-state index in [9.17, 15) is 14.4 Å². The van der Waals surface area contributed by atoms with Gasteiger partial charge in [0.1, 0.15) is 12.6 Å². The fourth-order valence-corrected chi connectivity index (χ4v) is 4.82. The number of hydrogen-bond donors (Lipinski definition) is 2. The van der Waals surface area contributed by atoms with Gasteiger partial charge < -0.3 is 15.2 Å². The molecule has 4 amide bonds. The summed E-state index contributed by atoms with van der Waals surface area (Å²) in [6.07, 6.45) is 4.39. The van der Waals surface area contributed by atoms with Crippen molar-refractivity contribution >= 4 is 28.7 Å². The largest absolute Gasteiger partial charge is 0.361 e. The number of nitrogens with zero attached hydrogens (tertiary/aromatic N) is 2. The van der Waals surface area contributed by atoms with Gasteiger partial charge in [-0.2, -0.15) is 0 Å². The molecule has 2 aromatic carbocycles. The molecule has 7 nitrogen and oxygen atoms in total. The van der Waals surface area contributed by atoms with Crippen LogP contribution in [0.25, 0.3) is 10.9 Å². The van der Waals surface area contributed by atoms with Gasteiger partial charge in [0.05, 0.1) is 0 Å². The number of fused-ring (bicyclic) bond motifs is 1. The number of benzene rings is 2. The Labute approximate surface area is 199 Å². The zero-order valence-corrected chi connectivity index (χ0v) is 19.6. The fraction of sp³-hybridized carbons (Fsp3) is 0.370. The molecule has 2 aliphatic rings. The highest BCUT2D eigenvalue weighted by Crippen LogP contribution is 2.50. The fourth-order valence-electron chi connectivity index (χ4n) is 4.82. The van der Waals surface area contributed by atoms with Gasteiger partial charge in [0.25, 0.3) is 5.91 Å². The lowest BCUT2D eigenvalue weighted by Crippen LogP contribution is -2.48. The second kappa shape index (κ2) is 8.63. The third kappa shape index (κ3) is 4.18. The monoisotopic (exact) mass is 458 g/mol. The van der Waals surface area contributed by atoms with Gasteiger partial charge in [-0.05, 0) is 42.4 Å². The summed E-state index contributed by atoms with van der Waals surface area (Å²) in [7, 11) is 0. The normalized spacial score (nSPS) is 19.8. The van der Waals surface area contributed by atoms with Gasteiger partial charge in [-0.3, -0.25) is 14.5 Å². The van der Waals surface area contributed by atoms with Crippen LogP contribution in [0.3, 0.4) is 0 Å². The van der Waals surface area contributed by atoms with Gasteiger partial charge in [-0.25, -0.2) is 4.79 Å². The zero-order valence-electron chi connectivity index (χ0n) is 19.6. The molecule has 7 heteroatoms. The van der Waals surface area contributed by atoms with Crippen LogP contribution in [0.15, 0.2) is 60.8 Å². The molecule has 0 bridgehead atoms. The first kappa shape index (κ1) is 22.2. The first-order valence-electron chi connectivity index (χ1n) is 11.9. The zero-order chi connectivity index (χ0) is 23.9.